The molecule has 0 heterocycles. The van der Waals surface area contributed by atoms with Gasteiger partial charge in [0.1, 0.15) is 9.84 Å². The normalized spacial score (nSPS) is 29.4. The van der Waals surface area contributed by atoms with Gasteiger partial charge in [-0.25, -0.2) is 8.42 Å². The molecule has 1 aliphatic rings. The van der Waals surface area contributed by atoms with Crippen LogP contribution in [0.25, 0.3) is 0 Å². The summed E-state index contributed by atoms with van der Waals surface area (Å²) in [5.74, 6) is 0.149. The minimum atomic E-state index is -2.88. The zero-order chi connectivity index (χ0) is 9.90. The topological polar surface area (TPSA) is 66.4 Å². The van der Waals surface area contributed by atoms with Crippen LogP contribution in [0.15, 0.2) is 0 Å². The van der Waals surface area contributed by atoms with Gasteiger partial charge >= 0.3 is 0 Å². The van der Waals surface area contributed by atoms with E-state index in [0.717, 1.165) is 19.3 Å². The SMILES string of the molecule is CS(=O)(=O)CCNC1CCCC1O. The molecular formula is C8H17NO3S. The van der Waals surface area contributed by atoms with Gasteiger partial charge in [0, 0.05) is 18.8 Å². The zero-order valence-electron chi connectivity index (χ0n) is 7.86. The molecule has 0 bridgehead atoms. The Hall–Kier alpha value is -0.130. The molecule has 2 unspecified atom stereocenters. The van der Waals surface area contributed by atoms with Crippen molar-refractivity contribution in [2.24, 2.45) is 0 Å². The van der Waals surface area contributed by atoms with E-state index in [1.165, 1.54) is 6.26 Å². The van der Waals surface area contributed by atoms with Crippen LogP contribution in [0.5, 0.6) is 0 Å². The molecule has 1 aliphatic carbocycles. The van der Waals surface area contributed by atoms with Gasteiger partial charge in [-0.1, -0.05) is 0 Å². The molecule has 0 aromatic carbocycles. The van der Waals surface area contributed by atoms with E-state index in [1.54, 1.807) is 0 Å². The minimum Gasteiger partial charge on any atom is -0.392 e. The van der Waals surface area contributed by atoms with Crippen molar-refractivity contribution in [3.05, 3.63) is 0 Å². The predicted octanol–water partition coefficient (Wildman–Crippen LogP) is -0.466. The van der Waals surface area contributed by atoms with Crippen molar-refractivity contribution < 1.29 is 13.5 Å². The molecule has 4 nitrogen and oxygen atoms in total. The molecule has 5 heteroatoms. The lowest BCUT2D eigenvalue weighted by atomic mass is 10.2. The van der Waals surface area contributed by atoms with Crippen molar-refractivity contribution in [2.45, 2.75) is 31.4 Å². The van der Waals surface area contributed by atoms with E-state index < -0.39 is 9.84 Å². The fourth-order valence-electron chi connectivity index (χ4n) is 1.61. The largest absolute Gasteiger partial charge is 0.392 e. The molecule has 0 spiro atoms. The number of hydrogen-bond acceptors (Lipinski definition) is 4. The summed E-state index contributed by atoms with van der Waals surface area (Å²) in [5, 5.41) is 12.5. The Bertz CT molecular complexity index is 250. The maximum atomic E-state index is 10.8. The first-order valence-corrected chi connectivity index (χ1v) is 6.64. The molecule has 0 saturated heterocycles. The number of rotatable bonds is 4. The lowest BCUT2D eigenvalue weighted by Crippen LogP contribution is -2.38. The van der Waals surface area contributed by atoms with E-state index in [0.29, 0.717) is 6.54 Å². The van der Waals surface area contributed by atoms with Crippen LogP contribution in [0, 0.1) is 0 Å². The summed E-state index contributed by atoms with van der Waals surface area (Å²) >= 11 is 0. The Morgan fingerprint density at radius 3 is 2.62 bits per heavy atom. The van der Waals surface area contributed by atoms with E-state index >= 15 is 0 Å². The van der Waals surface area contributed by atoms with Gasteiger partial charge in [-0.15, -0.1) is 0 Å². The molecule has 0 aliphatic heterocycles. The molecule has 0 amide bonds. The van der Waals surface area contributed by atoms with Gasteiger partial charge in [-0.3, -0.25) is 0 Å². The molecular weight excluding hydrogens is 190 g/mol. The fraction of sp³-hybridized carbons (Fsp3) is 1.00. The molecule has 2 atom stereocenters. The molecule has 0 aromatic rings. The van der Waals surface area contributed by atoms with Crippen LogP contribution in [0.4, 0.5) is 0 Å². The predicted molar refractivity (Wildman–Crippen MR) is 51.4 cm³/mol. The van der Waals surface area contributed by atoms with Gasteiger partial charge in [0.15, 0.2) is 0 Å². The van der Waals surface area contributed by atoms with Crippen molar-refractivity contribution in [3.63, 3.8) is 0 Å². The van der Waals surface area contributed by atoms with E-state index in [1.807, 2.05) is 0 Å². The van der Waals surface area contributed by atoms with Crippen molar-refractivity contribution in [1.29, 1.82) is 0 Å². The minimum absolute atomic E-state index is 0.0988. The summed E-state index contributed by atoms with van der Waals surface area (Å²) < 4.78 is 21.6. The summed E-state index contributed by atoms with van der Waals surface area (Å²) in [6.07, 6.45) is 3.73. The van der Waals surface area contributed by atoms with Crippen LogP contribution < -0.4 is 5.32 Å². The summed E-state index contributed by atoms with van der Waals surface area (Å²) in [6.45, 7) is 0.445. The highest BCUT2D eigenvalue weighted by molar-refractivity contribution is 7.90. The highest BCUT2D eigenvalue weighted by Gasteiger charge is 2.24. The monoisotopic (exact) mass is 207 g/mol. The smallest absolute Gasteiger partial charge is 0.148 e. The average Bonchev–Trinajstić information content (AvgIpc) is 2.34. The Morgan fingerprint density at radius 2 is 2.15 bits per heavy atom. The van der Waals surface area contributed by atoms with E-state index in [2.05, 4.69) is 5.32 Å². The van der Waals surface area contributed by atoms with Crippen LogP contribution in [0.2, 0.25) is 0 Å². The maximum Gasteiger partial charge on any atom is 0.148 e. The fourth-order valence-corrected chi connectivity index (χ4v) is 2.10. The summed E-state index contributed by atoms with van der Waals surface area (Å²) in [5.41, 5.74) is 0. The second kappa shape index (κ2) is 4.39. The number of aliphatic hydroxyl groups is 1. The van der Waals surface area contributed by atoms with Crippen molar-refractivity contribution in [1.82, 2.24) is 5.32 Å². The molecule has 1 saturated carbocycles. The van der Waals surface area contributed by atoms with Crippen molar-refractivity contribution in [3.8, 4) is 0 Å². The highest BCUT2D eigenvalue weighted by Crippen LogP contribution is 2.18. The Kier molecular flexibility index (Phi) is 3.70. The van der Waals surface area contributed by atoms with Gasteiger partial charge < -0.3 is 10.4 Å². The summed E-state index contributed by atoms with van der Waals surface area (Å²) in [4.78, 5) is 0. The van der Waals surface area contributed by atoms with Gasteiger partial charge in [0.25, 0.3) is 0 Å². The van der Waals surface area contributed by atoms with E-state index in [-0.39, 0.29) is 17.9 Å². The summed E-state index contributed by atoms with van der Waals surface area (Å²) in [6, 6.07) is 0.0988. The number of hydrogen-bond donors (Lipinski definition) is 2. The molecule has 1 fully saturated rings. The molecule has 78 valence electrons. The molecule has 0 radical (unpaired) electrons. The third-order valence-electron chi connectivity index (χ3n) is 2.36. The first-order chi connectivity index (χ1) is 5.99. The first kappa shape index (κ1) is 10.9. The molecule has 1 rings (SSSR count). The zero-order valence-corrected chi connectivity index (χ0v) is 8.68. The van der Waals surface area contributed by atoms with Crippen molar-refractivity contribution >= 4 is 9.84 Å². The third kappa shape index (κ3) is 4.06. The van der Waals surface area contributed by atoms with Crippen LogP contribution in [0.3, 0.4) is 0 Å². The van der Waals surface area contributed by atoms with Crippen molar-refractivity contribution in [2.75, 3.05) is 18.6 Å². The Morgan fingerprint density at radius 1 is 1.46 bits per heavy atom. The molecule has 2 N–H and O–H groups in total. The van der Waals surface area contributed by atoms with Gasteiger partial charge in [0.05, 0.1) is 11.9 Å². The van der Waals surface area contributed by atoms with Crippen LogP contribution in [-0.4, -0.2) is 44.2 Å². The Labute approximate surface area is 79.3 Å². The first-order valence-electron chi connectivity index (χ1n) is 4.58. The second-order valence-corrected chi connectivity index (χ2v) is 5.95. The molecule has 13 heavy (non-hydrogen) atoms. The average molecular weight is 207 g/mol. The molecule has 0 aromatic heterocycles. The lowest BCUT2D eigenvalue weighted by molar-refractivity contribution is 0.150. The maximum absolute atomic E-state index is 10.8. The Balaban J connectivity index is 2.19. The van der Waals surface area contributed by atoms with Gasteiger partial charge in [-0.05, 0) is 19.3 Å². The number of sulfone groups is 1. The highest BCUT2D eigenvalue weighted by atomic mass is 32.2. The van der Waals surface area contributed by atoms with Gasteiger partial charge in [0.2, 0.25) is 0 Å². The third-order valence-corrected chi connectivity index (χ3v) is 3.30. The van der Waals surface area contributed by atoms with Crippen LogP contribution in [-0.2, 0) is 9.84 Å². The quantitative estimate of drug-likeness (QED) is 0.654. The van der Waals surface area contributed by atoms with Crippen LogP contribution in [0.1, 0.15) is 19.3 Å². The summed E-state index contributed by atoms with van der Waals surface area (Å²) in [7, 11) is -2.88. The number of nitrogens with one attached hydrogen (secondary N) is 1. The van der Waals surface area contributed by atoms with E-state index in [4.69, 9.17) is 0 Å². The van der Waals surface area contributed by atoms with E-state index in [9.17, 15) is 13.5 Å². The second-order valence-electron chi connectivity index (χ2n) is 3.69. The van der Waals surface area contributed by atoms with Gasteiger partial charge in [-0.2, -0.15) is 0 Å². The van der Waals surface area contributed by atoms with Crippen LogP contribution >= 0.6 is 0 Å². The lowest BCUT2D eigenvalue weighted by Gasteiger charge is -2.15. The number of aliphatic hydroxyl groups excluding tert-OH is 1. The standard InChI is InChI=1S/C8H17NO3S/c1-13(11,12)6-5-9-7-3-2-4-8(7)10/h7-10H,2-6H2,1H3.